The monoisotopic (exact) mass is 421 g/mol. The van der Waals surface area contributed by atoms with Gasteiger partial charge in [-0.1, -0.05) is 12.1 Å². The molecule has 0 radical (unpaired) electrons. The van der Waals surface area contributed by atoms with Crippen LogP contribution in [0.1, 0.15) is 52.8 Å². The van der Waals surface area contributed by atoms with Crippen molar-refractivity contribution >= 4 is 30.1 Å². The Morgan fingerprint density at radius 1 is 0.966 bits per heavy atom. The van der Waals surface area contributed by atoms with Crippen LogP contribution in [0.3, 0.4) is 0 Å². The molecule has 7 nitrogen and oxygen atoms in total. The van der Waals surface area contributed by atoms with Crippen molar-refractivity contribution in [2.24, 2.45) is 11.8 Å². The van der Waals surface area contributed by atoms with Gasteiger partial charge in [0.05, 0.1) is 6.42 Å². The molecule has 29 heavy (non-hydrogen) atoms. The average molecular weight is 422 g/mol. The fourth-order valence-corrected chi connectivity index (χ4v) is 4.91. The van der Waals surface area contributed by atoms with Crippen LogP contribution in [0.25, 0.3) is 0 Å². The zero-order valence-corrected chi connectivity index (χ0v) is 17.2. The normalized spacial score (nSPS) is 24.1. The number of carboxylic acids is 1. The topological polar surface area (TPSA) is 89.9 Å². The Bertz CT molecular complexity index is 756. The van der Waals surface area contributed by atoms with E-state index < -0.39 is 12.0 Å². The second-order valence-electron chi connectivity index (χ2n) is 8.08. The Morgan fingerprint density at radius 2 is 1.52 bits per heavy atom. The number of ketones is 1. The third-order valence-electron chi connectivity index (χ3n) is 6.46. The number of carbonyl (C=O) groups is 3. The highest BCUT2D eigenvalue weighted by Gasteiger charge is 2.40. The van der Waals surface area contributed by atoms with Gasteiger partial charge in [0.25, 0.3) is 5.91 Å². The van der Waals surface area contributed by atoms with E-state index in [-0.39, 0.29) is 30.5 Å². The fourth-order valence-electron chi connectivity index (χ4n) is 4.91. The van der Waals surface area contributed by atoms with Gasteiger partial charge in [-0.3, -0.25) is 19.4 Å². The van der Waals surface area contributed by atoms with Crippen molar-refractivity contribution in [3.05, 3.63) is 35.4 Å². The quantitative estimate of drug-likeness (QED) is 0.774. The molecule has 0 saturated carbocycles. The number of hydrogen-bond acceptors (Lipinski definition) is 5. The van der Waals surface area contributed by atoms with Gasteiger partial charge in [-0.2, -0.15) is 0 Å². The van der Waals surface area contributed by atoms with E-state index in [9.17, 15) is 19.5 Å². The maximum absolute atomic E-state index is 13.2. The molecule has 2 saturated heterocycles. The molecule has 8 heteroatoms. The fraction of sp³-hybridized carbons (Fsp3) is 0.571. The summed E-state index contributed by atoms with van der Waals surface area (Å²) in [5.74, 6) is -0.311. The van der Waals surface area contributed by atoms with Gasteiger partial charge >= 0.3 is 5.97 Å². The number of Topliss-reactive ketones (excluding diaryl/α,β-unsaturated/α-hetero) is 1. The Morgan fingerprint density at radius 3 is 2.10 bits per heavy atom. The van der Waals surface area contributed by atoms with Gasteiger partial charge in [-0.15, -0.1) is 12.4 Å². The zero-order chi connectivity index (χ0) is 19.7. The van der Waals surface area contributed by atoms with Crippen LogP contribution in [0.4, 0.5) is 0 Å². The van der Waals surface area contributed by atoms with Gasteiger partial charge in [0.1, 0.15) is 6.04 Å². The molecule has 0 aromatic heterocycles. The Hall–Kier alpha value is -1.96. The molecule has 4 aliphatic heterocycles. The summed E-state index contributed by atoms with van der Waals surface area (Å²) in [6.07, 6.45) is 3.95. The summed E-state index contributed by atoms with van der Waals surface area (Å²) in [5.41, 5.74) is 0.948. The molecule has 0 unspecified atom stereocenters. The summed E-state index contributed by atoms with van der Waals surface area (Å²) in [6, 6.07) is 5.55. The van der Waals surface area contributed by atoms with Crippen LogP contribution in [0.2, 0.25) is 0 Å². The highest BCUT2D eigenvalue weighted by Crippen LogP contribution is 2.33. The van der Waals surface area contributed by atoms with Crippen molar-refractivity contribution in [1.29, 1.82) is 0 Å². The number of fused-ring (bicyclic) bond motifs is 5. The lowest BCUT2D eigenvalue weighted by Gasteiger charge is -2.45. The molecule has 1 aromatic rings. The highest BCUT2D eigenvalue weighted by molar-refractivity contribution is 6.07. The first-order valence-electron chi connectivity index (χ1n) is 10.2. The molecule has 2 bridgehead atoms. The second kappa shape index (κ2) is 9.24. The van der Waals surface area contributed by atoms with Crippen LogP contribution in [-0.4, -0.2) is 65.0 Å². The number of benzene rings is 1. The van der Waals surface area contributed by atoms with Gasteiger partial charge in [0, 0.05) is 24.2 Å². The van der Waals surface area contributed by atoms with Gasteiger partial charge in [-0.05, 0) is 62.7 Å². The Labute approximate surface area is 176 Å². The molecular weight excluding hydrogens is 394 g/mol. The van der Waals surface area contributed by atoms with E-state index in [4.69, 9.17) is 0 Å². The van der Waals surface area contributed by atoms with Crippen LogP contribution in [0.5, 0.6) is 0 Å². The van der Waals surface area contributed by atoms with E-state index >= 15 is 0 Å². The van der Waals surface area contributed by atoms with E-state index in [1.807, 2.05) is 5.01 Å². The van der Waals surface area contributed by atoms with Crippen molar-refractivity contribution in [3.63, 3.8) is 0 Å². The third kappa shape index (κ3) is 4.47. The summed E-state index contributed by atoms with van der Waals surface area (Å²) < 4.78 is 0. The Balaban J connectivity index is 0.00000240. The van der Waals surface area contributed by atoms with E-state index in [0.29, 0.717) is 30.1 Å². The first-order valence-corrected chi connectivity index (χ1v) is 10.2. The van der Waals surface area contributed by atoms with E-state index in [1.54, 1.807) is 24.3 Å². The van der Waals surface area contributed by atoms with Gasteiger partial charge < -0.3 is 10.4 Å². The number of nitrogens with zero attached hydrogens (tertiary/aromatic N) is 2. The molecule has 0 aliphatic carbocycles. The predicted octanol–water partition coefficient (Wildman–Crippen LogP) is 2.22. The number of piperidine rings is 2. The number of carbonyl (C=O) groups excluding carboxylic acids is 2. The number of nitrogens with one attached hydrogen (secondary N) is 1. The largest absolute Gasteiger partial charge is 0.481 e. The molecule has 158 valence electrons. The molecule has 1 atom stereocenters. The van der Waals surface area contributed by atoms with Gasteiger partial charge in [-0.25, -0.2) is 5.01 Å². The minimum absolute atomic E-state index is 0. The SMILES string of the molecule is Cl.O=C(O)C[C@H]1C(=O)c2ccc(cc2)C(=O)N1N1CCC(C2CCNCC2)CC1. The van der Waals surface area contributed by atoms with Crippen LogP contribution in [-0.2, 0) is 4.79 Å². The van der Waals surface area contributed by atoms with E-state index in [2.05, 4.69) is 5.32 Å². The molecule has 1 amide bonds. The minimum atomic E-state index is -1.07. The third-order valence-corrected chi connectivity index (χ3v) is 6.46. The average Bonchev–Trinajstić information content (AvgIpc) is 2.73. The standard InChI is InChI=1S/C21H27N3O4.ClH/c25-19(26)13-18-20(27)16-1-3-17(4-2-16)21(28)24(18)23-11-7-15(8-12-23)14-5-9-22-10-6-14;/h1-4,14-15,18,22H,5-13H2,(H,25,26);1H/t18-;/m0./s1. The summed E-state index contributed by atoms with van der Waals surface area (Å²) in [5, 5.41) is 16.1. The van der Waals surface area contributed by atoms with E-state index in [0.717, 1.165) is 31.8 Å². The molecule has 4 aliphatic rings. The summed E-state index contributed by atoms with van der Waals surface area (Å²) in [4.78, 5) is 37.6. The number of halogens is 1. The first-order chi connectivity index (χ1) is 13.5. The van der Waals surface area contributed by atoms with E-state index in [1.165, 1.54) is 17.9 Å². The number of amides is 1. The van der Waals surface area contributed by atoms with Gasteiger partial charge in [0.2, 0.25) is 0 Å². The molecule has 2 fully saturated rings. The summed E-state index contributed by atoms with van der Waals surface area (Å²) in [7, 11) is 0. The summed E-state index contributed by atoms with van der Waals surface area (Å²) in [6.45, 7) is 3.50. The summed E-state index contributed by atoms with van der Waals surface area (Å²) >= 11 is 0. The zero-order valence-electron chi connectivity index (χ0n) is 16.4. The molecular formula is C21H28ClN3O4. The number of hydrogen-bond donors (Lipinski definition) is 2. The maximum atomic E-state index is 13.2. The van der Waals surface area contributed by atoms with Crippen molar-refractivity contribution in [1.82, 2.24) is 15.3 Å². The molecule has 4 heterocycles. The second-order valence-corrected chi connectivity index (χ2v) is 8.08. The number of hydrazine groups is 1. The lowest BCUT2D eigenvalue weighted by molar-refractivity contribution is -0.139. The molecule has 5 rings (SSSR count). The minimum Gasteiger partial charge on any atom is -0.481 e. The maximum Gasteiger partial charge on any atom is 0.305 e. The van der Waals surface area contributed by atoms with Crippen LogP contribution < -0.4 is 5.32 Å². The van der Waals surface area contributed by atoms with Crippen LogP contribution in [0, 0.1) is 11.8 Å². The van der Waals surface area contributed by atoms with Gasteiger partial charge in [0.15, 0.2) is 5.78 Å². The van der Waals surface area contributed by atoms with Crippen molar-refractivity contribution in [2.75, 3.05) is 26.2 Å². The van der Waals surface area contributed by atoms with Crippen molar-refractivity contribution < 1.29 is 19.5 Å². The number of carboxylic acid groups (broad SMARTS) is 1. The number of aliphatic carboxylic acids is 1. The predicted molar refractivity (Wildman–Crippen MR) is 110 cm³/mol. The van der Waals surface area contributed by atoms with Crippen LogP contribution >= 0.6 is 12.4 Å². The first kappa shape index (κ1) is 21.7. The molecule has 2 N–H and O–H groups in total. The van der Waals surface area contributed by atoms with Crippen molar-refractivity contribution in [3.8, 4) is 0 Å². The van der Waals surface area contributed by atoms with Crippen molar-refractivity contribution in [2.45, 2.75) is 38.1 Å². The lowest BCUT2D eigenvalue weighted by Crippen LogP contribution is -2.58. The number of rotatable bonds is 4. The smallest absolute Gasteiger partial charge is 0.305 e. The van der Waals surface area contributed by atoms with Crippen LogP contribution in [0.15, 0.2) is 24.3 Å². The highest BCUT2D eigenvalue weighted by atomic mass is 35.5. The Kier molecular flexibility index (Phi) is 6.93. The lowest BCUT2D eigenvalue weighted by atomic mass is 9.79. The molecule has 0 spiro atoms. The molecule has 1 aromatic carbocycles.